The third-order valence-electron chi connectivity index (χ3n) is 10.9. The van der Waals surface area contributed by atoms with E-state index in [2.05, 4.69) is 235 Å². The molecular formula is C56H40AuN4-2. The van der Waals surface area contributed by atoms with Gasteiger partial charge in [-0.1, -0.05) is 218 Å². The third kappa shape index (κ3) is 8.21. The summed E-state index contributed by atoms with van der Waals surface area (Å²) in [6, 6.07) is 82.6. The summed E-state index contributed by atoms with van der Waals surface area (Å²) in [5, 5.41) is 9.87. The molecule has 1 aliphatic heterocycles. The van der Waals surface area contributed by atoms with Crippen LogP contribution >= 0.6 is 0 Å². The Bertz CT molecular complexity index is 2890. The van der Waals surface area contributed by atoms with Crippen molar-refractivity contribution in [2.75, 3.05) is 9.91 Å². The molecule has 0 bridgehead atoms. The second-order valence-corrected chi connectivity index (χ2v) is 14.7. The van der Waals surface area contributed by atoms with Crippen molar-refractivity contribution in [1.82, 2.24) is 4.98 Å². The maximum Gasteiger partial charge on any atom is 0.129 e. The predicted molar refractivity (Wildman–Crippen MR) is 252 cm³/mol. The van der Waals surface area contributed by atoms with Crippen molar-refractivity contribution >= 4 is 39.0 Å². The molecule has 0 saturated heterocycles. The Hall–Kier alpha value is -7.21. The van der Waals surface area contributed by atoms with E-state index >= 15 is 0 Å². The van der Waals surface area contributed by atoms with Crippen molar-refractivity contribution in [2.24, 2.45) is 5.10 Å². The minimum atomic E-state index is 0. The Morgan fingerprint density at radius 1 is 0.361 bits per heavy atom. The topological polar surface area (TPSA) is 32.9 Å². The molecule has 0 N–H and O–H groups in total. The van der Waals surface area contributed by atoms with E-state index in [0.717, 1.165) is 78.3 Å². The molecule has 1 aromatic heterocycles. The monoisotopic (exact) mass is 965 g/mol. The molecule has 9 aromatic carbocycles. The SMILES string of the molecule is [Au].c1ccc(C2=NN(c3cc(-c4ccccc4)cc(-c4ccccc4)c3)[CH-]N2c2c(-c3ccccc3)cccc2-c2ccccc2)cc1.c1ccc2c(c1)[n-]c1ccccc12. The first-order chi connectivity index (χ1) is 29.8. The molecule has 4 nitrogen and oxygen atoms in total. The van der Waals surface area contributed by atoms with Crippen LogP contribution in [0.2, 0.25) is 0 Å². The van der Waals surface area contributed by atoms with Gasteiger partial charge in [-0.25, -0.2) is 0 Å². The molecule has 0 amide bonds. The smallest absolute Gasteiger partial charge is 0.129 e. The Morgan fingerprint density at radius 2 is 0.754 bits per heavy atom. The van der Waals surface area contributed by atoms with Gasteiger partial charge >= 0.3 is 0 Å². The maximum absolute atomic E-state index is 5.35. The molecule has 0 saturated carbocycles. The van der Waals surface area contributed by atoms with Crippen molar-refractivity contribution in [3.05, 3.63) is 249 Å². The zero-order valence-electron chi connectivity index (χ0n) is 33.2. The standard InChI is InChI=1S/C44H32N3.C12H8N.Au/c1-6-17-33(18-7-1)38-29-39(34-19-8-2-9-20-34)31-40(30-38)47-32-46(44(45-47)37-25-14-5-15-26-37)43-41(35-21-10-3-11-22-35)27-16-28-42(43)36-23-12-4-13-24-36;1-3-7-11-9(5-1)10-6-2-4-8-12(10)13-11;/h1-32H;1-8H;/q2*-1;. The van der Waals surface area contributed by atoms with Crippen LogP contribution < -0.4 is 14.9 Å². The van der Waals surface area contributed by atoms with Crippen LogP contribution in [-0.2, 0) is 22.4 Å². The third-order valence-corrected chi connectivity index (χ3v) is 10.9. The molecule has 297 valence electrons. The van der Waals surface area contributed by atoms with Crippen LogP contribution in [0.3, 0.4) is 0 Å². The van der Waals surface area contributed by atoms with Crippen molar-refractivity contribution in [1.29, 1.82) is 0 Å². The molecular weight excluding hydrogens is 926 g/mol. The largest absolute Gasteiger partial charge is 0.657 e. The first-order valence-electron chi connectivity index (χ1n) is 20.2. The van der Waals surface area contributed by atoms with Crippen LogP contribution in [0.4, 0.5) is 11.4 Å². The van der Waals surface area contributed by atoms with Gasteiger partial charge in [0.15, 0.2) is 0 Å². The zero-order valence-corrected chi connectivity index (χ0v) is 35.4. The predicted octanol–water partition coefficient (Wildman–Crippen LogP) is 14.1. The van der Waals surface area contributed by atoms with Crippen LogP contribution in [0, 0.1) is 6.67 Å². The summed E-state index contributed by atoms with van der Waals surface area (Å²) in [6.07, 6.45) is 0. The van der Waals surface area contributed by atoms with Gasteiger partial charge in [-0.2, -0.15) is 5.10 Å². The maximum atomic E-state index is 5.35. The first kappa shape index (κ1) is 39.3. The van der Waals surface area contributed by atoms with Crippen molar-refractivity contribution < 1.29 is 22.4 Å². The van der Waals surface area contributed by atoms with Gasteiger partial charge in [0, 0.05) is 50.4 Å². The van der Waals surface area contributed by atoms with E-state index in [0.29, 0.717) is 0 Å². The molecule has 2 heterocycles. The Balaban J connectivity index is 0.000000288. The summed E-state index contributed by atoms with van der Waals surface area (Å²) in [7, 11) is 0. The van der Waals surface area contributed by atoms with E-state index in [4.69, 9.17) is 5.10 Å². The van der Waals surface area contributed by atoms with E-state index in [-0.39, 0.29) is 22.4 Å². The van der Waals surface area contributed by atoms with Crippen molar-refractivity contribution in [3.8, 4) is 44.5 Å². The summed E-state index contributed by atoms with van der Waals surface area (Å²) >= 11 is 0. The Morgan fingerprint density at radius 3 is 1.21 bits per heavy atom. The molecule has 0 aliphatic carbocycles. The normalized spacial score (nSPS) is 12.1. The Labute approximate surface area is 372 Å². The Kier molecular flexibility index (Phi) is 11.6. The van der Waals surface area contributed by atoms with E-state index in [1.165, 1.54) is 10.8 Å². The van der Waals surface area contributed by atoms with Gasteiger partial charge < -0.3 is 14.9 Å². The number of fused-ring (bicyclic) bond motifs is 3. The van der Waals surface area contributed by atoms with Crippen LogP contribution in [0.5, 0.6) is 0 Å². The summed E-state index contributed by atoms with van der Waals surface area (Å²) in [6.45, 7) is 2.13. The summed E-state index contributed by atoms with van der Waals surface area (Å²) < 4.78 is 0. The van der Waals surface area contributed by atoms with Crippen LogP contribution in [0.1, 0.15) is 5.56 Å². The number of para-hydroxylation sites is 3. The molecule has 1 radical (unpaired) electrons. The van der Waals surface area contributed by atoms with Gasteiger partial charge in [-0.15, -0.1) is 17.7 Å². The minimum absolute atomic E-state index is 0. The molecule has 0 fully saturated rings. The van der Waals surface area contributed by atoms with Gasteiger partial charge in [0.05, 0.1) is 0 Å². The average molecular weight is 966 g/mol. The second kappa shape index (κ2) is 18.0. The van der Waals surface area contributed by atoms with E-state index < -0.39 is 0 Å². The summed E-state index contributed by atoms with van der Waals surface area (Å²) in [5.41, 5.74) is 14.5. The fourth-order valence-corrected chi connectivity index (χ4v) is 7.98. The molecule has 10 aromatic rings. The van der Waals surface area contributed by atoms with Crippen molar-refractivity contribution in [3.63, 3.8) is 0 Å². The number of hydrazone groups is 1. The van der Waals surface area contributed by atoms with Crippen LogP contribution in [-0.4, -0.2) is 5.84 Å². The molecule has 0 spiro atoms. The fraction of sp³-hybridized carbons (Fsp3) is 0. The molecule has 61 heavy (non-hydrogen) atoms. The van der Waals surface area contributed by atoms with Gasteiger partial charge in [0.25, 0.3) is 0 Å². The fourth-order valence-electron chi connectivity index (χ4n) is 7.98. The number of amidine groups is 1. The van der Waals surface area contributed by atoms with Gasteiger partial charge in [-0.3, -0.25) is 0 Å². The molecule has 11 rings (SSSR count). The molecule has 1 aliphatic rings. The van der Waals surface area contributed by atoms with Gasteiger partial charge in [-0.05, 0) is 62.4 Å². The number of nitrogens with zero attached hydrogens (tertiary/aromatic N) is 4. The van der Waals surface area contributed by atoms with Crippen LogP contribution in [0.15, 0.2) is 242 Å². The quantitative estimate of drug-likeness (QED) is 0.118. The van der Waals surface area contributed by atoms with Crippen LogP contribution in [0.25, 0.3) is 66.3 Å². The van der Waals surface area contributed by atoms with Gasteiger partial charge in [0.1, 0.15) is 5.84 Å². The molecule has 5 heteroatoms. The number of hydrogen-bond donors (Lipinski definition) is 0. The average Bonchev–Trinajstić information content (AvgIpc) is 3.96. The first-order valence-corrected chi connectivity index (χ1v) is 20.2. The van der Waals surface area contributed by atoms with Gasteiger partial charge in [0.2, 0.25) is 0 Å². The summed E-state index contributed by atoms with van der Waals surface area (Å²) in [4.78, 5) is 6.78. The number of benzene rings is 9. The van der Waals surface area contributed by atoms with E-state index in [9.17, 15) is 0 Å². The molecule has 0 unspecified atom stereocenters. The zero-order chi connectivity index (χ0) is 40.1. The van der Waals surface area contributed by atoms with Crippen molar-refractivity contribution in [2.45, 2.75) is 0 Å². The minimum Gasteiger partial charge on any atom is -0.657 e. The number of anilines is 2. The molecule has 0 atom stereocenters. The number of rotatable bonds is 7. The second-order valence-electron chi connectivity index (χ2n) is 14.7. The number of hydrogen-bond acceptors (Lipinski definition) is 3. The van der Waals surface area contributed by atoms with E-state index in [1.54, 1.807) is 0 Å². The van der Waals surface area contributed by atoms with E-state index in [1.807, 2.05) is 23.2 Å². The summed E-state index contributed by atoms with van der Waals surface area (Å²) in [5.74, 6) is 0.859. The number of aromatic nitrogens is 1.